The Hall–Kier alpha value is -1.11. The number of hydrogen-bond acceptors (Lipinski definition) is 5. The zero-order valence-corrected chi connectivity index (χ0v) is 18.0. The smallest absolute Gasteiger partial charge is 0.357 e. The van der Waals surface area contributed by atoms with Crippen LogP contribution in [0.5, 0.6) is 0 Å². The second-order valence-corrected chi connectivity index (χ2v) is 9.23. The molecule has 0 aromatic rings. The summed E-state index contributed by atoms with van der Waals surface area (Å²) in [5.74, 6) is 0.622. The molecule has 8 nitrogen and oxygen atoms in total. The normalized spacial score (nSPS) is 22.0. The molecule has 2 aliphatic rings. The van der Waals surface area contributed by atoms with Gasteiger partial charge in [0.2, 0.25) is 0 Å². The lowest BCUT2D eigenvalue weighted by Crippen LogP contribution is -2.51. The minimum Gasteiger partial charge on any atom is -0.357 e. The van der Waals surface area contributed by atoms with E-state index in [0.717, 1.165) is 39.3 Å². The van der Waals surface area contributed by atoms with Gasteiger partial charge in [-0.05, 0) is 26.3 Å². The maximum atomic E-state index is 12.7. The van der Waals surface area contributed by atoms with Crippen LogP contribution in [0.2, 0.25) is 0 Å². The molecule has 0 spiro atoms. The summed E-state index contributed by atoms with van der Waals surface area (Å²) < 4.78 is 61.6. The molecular formula is C17H33F3N6O2S. The molecule has 2 N–H and O–H groups in total. The van der Waals surface area contributed by atoms with Crippen LogP contribution in [0.25, 0.3) is 0 Å². The van der Waals surface area contributed by atoms with Crippen molar-refractivity contribution in [2.75, 3.05) is 65.4 Å². The third-order valence-electron chi connectivity index (χ3n) is 5.37. The summed E-state index contributed by atoms with van der Waals surface area (Å²) in [6.45, 7) is 11.2. The van der Waals surface area contributed by atoms with Gasteiger partial charge < -0.3 is 15.5 Å². The third-order valence-corrected chi connectivity index (χ3v) is 7.00. The fourth-order valence-electron chi connectivity index (χ4n) is 3.53. The van der Waals surface area contributed by atoms with Crippen LogP contribution in [0.15, 0.2) is 4.99 Å². The van der Waals surface area contributed by atoms with Gasteiger partial charge in [-0.1, -0.05) is 6.92 Å². The first-order valence-electron chi connectivity index (χ1n) is 10.2. The number of halogens is 3. The summed E-state index contributed by atoms with van der Waals surface area (Å²) in [6.07, 6.45) is 0.609. The molecule has 0 unspecified atom stereocenters. The molecule has 2 fully saturated rings. The highest BCUT2D eigenvalue weighted by Gasteiger charge is 2.50. The predicted molar refractivity (Wildman–Crippen MR) is 107 cm³/mol. The fourth-order valence-corrected chi connectivity index (χ4v) is 4.52. The van der Waals surface area contributed by atoms with Crippen molar-refractivity contribution in [3.05, 3.63) is 0 Å². The summed E-state index contributed by atoms with van der Waals surface area (Å²) >= 11 is 0. The number of aliphatic imine (C=N–C) groups is 1. The molecular weight excluding hydrogens is 409 g/mol. The van der Waals surface area contributed by atoms with E-state index in [1.54, 1.807) is 0 Å². The maximum absolute atomic E-state index is 12.7. The first kappa shape index (κ1) is 24.2. The lowest BCUT2D eigenvalue weighted by molar-refractivity contribution is -0.0494. The highest BCUT2D eigenvalue weighted by Crippen LogP contribution is 2.28. The zero-order valence-electron chi connectivity index (χ0n) is 17.2. The van der Waals surface area contributed by atoms with E-state index in [1.165, 1.54) is 0 Å². The summed E-state index contributed by atoms with van der Waals surface area (Å²) in [6, 6.07) is -0.111. The van der Waals surface area contributed by atoms with Crippen molar-refractivity contribution < 1.29 is 21.6 Å². The van der Waals surface area contributed by atoms with Crippen LogP contribution in [0.3, 0.4) is 0 Å². The van der Waals surface area contributed by atoms with Crippen LogP contribution in [-0.4, -0.2) is 105 Å². The summed E-state index contributed by atoms with van der Waals surface area (Å²) in [4.78, 5) is 9.36. The van der Waals surface area contributed by atoms with Gasteiger partial charge in [-0.15, -0.1) is 0 Å². The number of piperidine rings is 1. The molecule has 12 heteroatoms. The number of piperazine rings is 1. The average molecular weight is 443 g/mol. The second kappa shape index (κ2) is 10.8. The minimum atomic E-state index is -5.24. The van der Waals surface area contributed by atoms with Crippen LogP contribution in [0, 0.1) is 0 Å². The highest BCUT2D eigenvalue weighted by atomic mass is 32.2. The van der Waals surface area contributed by atoms with Crippen LogP contribution in [0.1, 0.15) is 26.7 Å². The van der Waals surface area contributed by atoms with Crippen LogP contribution < -0.4 is 10.6 Å². The van der Waals surface area contributed by atoms with Gasteiger partial charge in [0.05, 0.1) is 6.54 Å². The Morgan fingerprint density at radius 1 is 1.03 bits per heavy atom. The first-order chi connectivity index (χ1) is 13.7. The molecule has 0 atom stereocenters. The van der Waals surface area contributed by atoms with E-state index < -0.39 is 15.5 Å². The number of hydrogen-bond donors (Lipinski definition) is 2. The lowest BCUT2D eigenvalue weighted by Gasteiger charge is -2.34. The Bertz CT molecular complexity index is 628. The molecule has 2 saturated heterocycles. The van der Waals surface area contributed by atoms with Crippen LogP contribution in [0.4, 0.5) is 13.2 Å². The number of likely N-dealkylation sites (N-methyl/N-ethyl adjacent to an activating group) is 1. The standard InChI is InChI=1S/C17H33F3N6O2S/c1-3-21-16(22-7-10-25-13-11-24(4-2)12-14-25)23-15-5-8-26(9-6-15)29(27,28)17(18,19)20/h15H,3-14H2,1-2H3,(H2,21,22,23). The topological polar surface area (TPSA) is 80.3 Å². The number of rotatable bonds is 7. The summed E-state index contributed by atoms with van der Waals surface area (Å²) in [5, 5.41) is 6.38. The Morgan fingerprint density at radius 3 is 2.14 bits per heavy atom. The van der Waals surface area contributed by atoms with Gasteiger partial charge in [-0.25, -0.2) is 8.42 Å². The van der Waals surface area contributed by atoms with E-state index in [-0.39, 0.29) is 19.1 Å². The molecule has 2 heterocycles. The van der Waals surface area contributed by atoms with E-state index in [2.05, 4.69) is 32.3 Å². The summed E-state index contributed by atoms with van der Waals surface area (Å²) in [7, 11) is -5.24. The number of alkyl halides is 3. The predicted octanol–water partition coefficient (Wildman–Crippen LogP) is 0.493. The Balaban J connectivity index is 1.80. The third kappa shape index (κ3) is 6.97. The molecule has 170 valence electrons. The van der Waals surface area contributed by atoms with E-state index in [9.17, 15) is 21.6 Å². The van der Waals surface area contributed by atoms with E-state index in [0.29, 0.717) is 36.2 Å². The van der Waals surface area contributed by atoms with Crippen molar-refractivity contribution in [3.8, 4) is 0 Å². The van der Waals surface area contributed by atoms with Crippen molar-refractivity contribution in [1.82, 2.24) is 24.7 Å². The maximum Gasteiger partial charge on any atom is 0.511 e. The zero-order chi connectivity index (χ0) is 21.5. The first-order valence-corrected chi connectivity index (χ1v) is 11.7. The Labute approximate surface area is 171 Å². The number of nitrogens with zero attached hydrogens (tertiary/aromatic N) is 4. The second-order valence-electron chi connectivity index (χ2n) is 7.30. The van der Waals surface area contributed by atoms with E-state index >= 15 is 0 Å². The molecule has 2 rings (SSSR count). The largest absolute Gasteiger partial charge is 0.511 e. The Kier molecular flexibility index (Phi) is 8.98. The summed E-state index contributed by atoms with van der Waals surface area (Å²) in [5.41, 5.74) is -5.24. The van der Waals surface area contributed by atoms with Crippen molar-refractivity contribution in [3.63, 3.8) is 0 Å². The van der Waals surface area contributed by atoms with Gasteiger partial charge in [-0.2, -0.15) is 17.5 Å². The van der Waals surface area contributed by atoms with Gasteiger partial charge >= 0.3 is 15.5 Å². The monoisotopic (exact) mass is 442 g/mol. The number of nitrogens with one attached hydrogen (secondary N) is 2. The van der Waals surface area contributed by atoms with Crippen molar-refractivity contribution in [1.29, 1.82) is 0 Å². The molecule has 29 heavy (non-hydrogen) atoms. The molecule has 0 radical (unpaired) electrons. The van der Waals surface area contributed by atoms with Gasteiger partial charge in [0.15, 0.2) is 5.96 Å². The van der Waals surface area contributed by atoms with Crippen LogP contribution in [-0.2, 0) is 10.0 Å². The molecule has 0 bridgehead atoms. The van der Waals surface area contributed by atoms with Gasteiger partial charge in [0.25, 0.3) is 0 Å². The Morgan fingerprint density at radius 2 is 1.62 bits per heavy atom. The number of sulfonamides is 1. The molecule has 2 aliphatic heterocycles. The van der Waals surface area contributed by atoms with Crippen molar-refractivity contribution in [2.24, 2.45) is 4.99 Å². The quantitative estimate of drug-likeness (QED) is 0.441. The van der Waals surface area contributed by atoms with Crippen molar-refractivity contribution >= 4 is 16.0 Å². The van der Waals surface area contributed by atoms with Gasteiger partial charge in [-0.3, -0.25) is 9.89 Å². The molecule has 0 saturated carbocycles. The minimum absolute atomic E-state index is 0.111. The molecule has 0 aliphatic carbocycles. The van der Waals surface area contributed by atoms with Crippen LogP contribution >= 0.6 is 0 Å². The lowest BCUT2D eigenvalue weighted by atomic mass is 10.1. The SMILES string of the molecule is CCNC(=NCCN1CCN(CC)CC1)NC1CCN(S(=O)(=O)C(F)(F)F)CC1. The molecule has 0 aromatic carbocycles. The average Bonchev–Trinajstić information content (AvgIpc) is 2.68. The fraction of sp³-hybridized carbons (Fsp3) is 0.941. The molecule has 0 amide bonds. The number of guanidine groups is 1. The van der Waals surface area contributed by atoms with Gasteiger partial charge in [0, 0.05) is 58.4 Å². The molecule has 0 aromatic heterocycles. The van der Waals surface area contributed by atoms with Gasteiger partial charge in [0.1, 0.15) is 0 Å². The van der Waals surface area contributed by atoms with E-state index in [4.69, 9.17) is 0 Å². The van der Waals surface area contributed by atoms with Crippen molar-refractivity contribution in [2.45, 2.75) is 38.2 Å². The highest BCUT2D eigenvalue weighted by molar-refractivity contribution is 7.90. The van der Waals surface area contributed by atoms with E-state index in [1.807, 2.05) is 6.92 Å².